The first-order valence-electron chi connectivity index (χ1n) is 0.604. The average Bonchev–Trinajstić information content (AvgIpc) is 0.918. The molecule has 4 heavy (non-hydrogen) atoms. The van der Waals surface area contributed by atoms with Crippen LogP contribution in [0.5, 0.6) is 0 Å². The molecule has 2 heteroatoms. The molecule has 0 aromatic rings. The predicted molar refractivity (Wildman–Crippen MR) is 21.9 cm³/mol. The Morgan fingerprint density at radius 3 is 1.75 bits per heavy atom. The van der Waals surface area contributed by atoms with Gasteiger partial charge in [-0.2, -0.15) is 0 Å². The third-order valence-electron chi connectivity index (χ3n) is 0. The smallest absolute Gasteiger partial charge is 0.259 e. The van der Waals surface area contributed by atoms with Crippen LogP contribution in [0.4, 0.5) is 0 Å². The van der Waals surface area contributed by atoms with Crippen LogP contribution in [0, 0.1) is 5.41 Å². The zero-order chi connectivity index (χ0) is 2.71. The highest BCUT2D eigenvalue weighted by atomic mass is 24.3. The van der Waals surface area contributed by atoms with Crippen molar-refractivity contribution in [2.24, 2.45) is 0 Å². The molecule has 20 valence electrons. The van der Waals surface area contributed by atoms with Crippen molar-refractivity contribution in [3.63, 3.8) is 0 Å². The Morgan fingerprint density at radius 2 is 1.75 bits per heavy atom. The van der Waals surface area contributed by atoms with Gasteiger partial charge in [-0.3, -0.25) is 5.41 Å². The molecule has 0 rings (SSSR count). The van der Waals surface area contributed by atoms with E-state index in [1.165, 1.54) is 0 Å². The monoisotopic (exact) mass is 67.0 g/mol. The normalized spacial score (nSPS) is 2.00. The third kappa shape index (κ3) is 70.1. The summed E-state index contributed by atoms with van der Waals surface area (Å²) in [6.45, 7) is 2.90. The fraction of sp³-hybridized carbons (Fsp3) is 0. The zero-order valence-electron chi connectivity index (χ0n) is 1.71. The van der Waals surface area contributed by atoms with E-state index in [1.807, 2.05) is 0 Å². The molecular weight excluding hydrogens is 62.3 g/mol. The Labute approximate surface area is 41.4 Å². The molecule has 0 saturated carbocycles. The fourth-order valence-electron chi connectivity index (χ4n) is 0. The Bertz CT molecular complexity index is 27.0. The van der Waals surface area contributed by atoms with Gasteiger partial charge in [-0.1, -0.05) is 0 Å². The van der Waals surface area contributed by atoms with Crippen LogP contribution < -0.4 is 0 Å². The maximum Gasteiger partial charge on any atom is 0.316 e. The molecule has 0 saturated heterocycles. The average molecular weight is 67.4 g/mol. The van der Waals surface area contributed by atoms with Crippen LogP contribution in [0.3, 0.4) is 0 Å². The molecule has 0 unspecified atom stereocenters. The SMILES string of the molecule is C=C=N.[MgH2]. The molecule has 0 atom stereocenters. The molecule has 0 aromatic heterocycles. The van der Waals surface area contributed by atoms with E-state index in [0.717, 1.165) is 0 Å². The summed E-state index contributed by atoms with van der Waals surface area (Å²) in [6.07, 6.45) is 0. The summed E-state index contributed by atoms with van der Waals surface area (Å²) in [6, 6.07) is 0. The number of hydrogen-bond acceptors (Lipinski definition) is 1. The molecule has 1 N–H and O–H groups in total. The Balaban J connectivity index is 0. The molecule has 0 amide bonds. The first-order chi connectivity index (χ1) is 1.41. The van der Waals surface area contributed by atoms with E-state index in [4.69, 9.17) is 5.41 Å². The van der Waals surface area contributed by atoms with Crippen LogP contribution in [0.25, 0.3) is 0 Å². The van der Waals surface area contributed by atoms with Crippen LogP contribution in [-0.2, 0) is 0 Å². The lowest BCUT2D eigenvalue weighted by molar-refractivity contribution is 1.60. The third-order valence-corrected chi connectivity index (χ3v) is 0. The summed E-state index contributed by atoms with van der Waals surface area (Å²) in [5.41, 5.74) is 0. The van der Waals surface area contributed by atoms with E-state index in [0.29, 0.717) is 0 Å². The Morgan fingerprint density at radius 1 is 1.75 bits per heavy atom. The van der Waals surface area contributed by atoms with Crippen molar-refractivity contribution in [2.75, 3.05) is 0 Å². The van der Waals surface area contributed by atoms with Gasteiger partial charge in [0.15, 0.2) is 0 Å². The number of hydrogen-bond donors (Lipinski definition) is 1. The second kappa shape index (κ2) is 10.7. The molecule has 1 nitrogen and oxygen atoms in total. The van der Waals surface area contributed by atoms with Crippen LogP contribution in [-0.4, -0.2) is 28.9 Å². The molecule has 0 heterocycles. The fourth-order valence-corrected chi connectivity index (χ4v) is 0. The summed E-state index contributed by atoms with van der Waals surface area (Å²) in [7, 11) is 0. The standard InChI is InChI=1S/C2H3N.Mg.2H/c1-2-3;;;/h3H,1H2;;;. The van der Waals surface area contributed by atoms with E-state index < -0.39 is 0 Å². The molecule has 0 fully saturated rings. The van der Waals surface area contributed by atoms with Gasteiger partial charge in [-0.15, -0.1) is 0 Å². The molecule has 0 aromatic carbocycles. The molecule has 0 aliphatic rings. The lowest BCUT2D eigenvalue weighted by atomic mass is 11.2. The maximum absolute atomic E-state index is 5.85. The molecule has 0 radical (unpaired) electrons. The van der Waals surface area contributed by atoms with Crippen molar-refractivity contribution in [3.05, 3.63) is 6.58 Å². The maximum atomic E-state index is 5.85. The Hall–Kier alpha value is 0.216. The minimum absolute atomic E-state index is 0. The highest BCUT2D eigenvalue weighted by molar-refractivity contribution is 5.75. The van der Waals surface area contributed by atoms with Gasteiger partial charge in [-0.25, -0.2) is 0 Å². The lowest BCUT2D eigenvalue weighted by Gasteiger charge is -1.10. The summed E-state index contributed by atoms with van der Waals surface area (Å²) in [5, 5.41) is 5.85. The number of rotatable bonds is 0. The van der Waals surface area contributed by atoms with Gasteiger partial charge in [0.05, 0.1) is 0 Å². The van der Waals surface area contributed by atoms with Gasteiger partial charge in [-0.05, 0) is 12.4 Å². The van der Waals surface area contributed by atoms with Crippen LogP contribution in [0.15, 0.2) is 6.58 Å². The van der Waals surface area contributed by atoms with E-state index in [1.54, 1.807) is 5.87 Å². The minimum atomic E-state index is 0. The van der Waals surface area contributed by atoms with Crippen molar-refractivity contribution < 1.29 is 0 Å². The second-order valence-corrected chi connectivity index (χ2v) is 0.177. The summed E-state index contributed by atoms with van der Waals surface area (Å²) in [5.74, 6) is 1.75. The minimum Gasteiger partial charge on any atom is -0.259 e. The van der Waals surface area contributed by atoms with Crippen LogP contribution in [0.1, 0.15) is 0 Å². The summed E-state index contributed by atoms with van der Waals surface area (Å²) < 4.78 is 0. The van der Waals surface area contributed by atoms with Crippen LogP contribution in [0.2, 0.25) is 0 Å². The zero-order valence-corrected chi connectivity index (χ0v) is 1.71. The highest BCUT2D eigenvalue weighted by Crippen LogP contribution is 0.942. The quantitative estimate of drug-likeness (QED) is 0.292. The largest absolute Gasteiger partial charge is 0.316 e. The van der Waals surface area contributed by atoms with Crippen molar-refractivity contribution in [3.8, 4) is 0 Å². The predicted octanol–water partition coefficient (Wildman–Crippen LogP) is -0.495. The summed E-state index contributed by atoms with van der Waals surface area (Å²) in [4.78, 5) is 0. The van der Waals surface area contributed by atoms with Crippen LogP contribution >= 0.6 is 0 Å². The molecular formula is C2H5MgN. The molecule has 0 aliphatic carbocycles. The van der Waals surface area contributed by atoms with Gasteiger partial charge >= 0.3 is 23.1 Å². The first-order valence-corrected chi connectivity index (χ1v) is 0.604. The first kappa shape index (κ1) is 8.88. The van der Waals surface area contributed by atoms with Gasteiger partial charge in [0, 0.05) is 0 Å². The lowest BCUT2D eigenvalue weighted by Crippen LogP contribution is -1.10. The second-order valence-electron chi connectivity index (χ2n) is 0.177. The highest BCUT2D eigenvalue weighted by Gasteiger charge is 0.918. The van der Waals surface area contributed by atoms with E-state index in [9.17, 15) is 0 Å². The molecule has 0 bridgehead atoms. The van der Waals surface area contributed by atoms with Crippen molar-refractivity contribution in [1.82, 2.24) is 0 Å². The van der Waals surface area contributed by atoms with Crippen molar-refractivity contribution in [2.45, 2.75) is 0 Å². The molecule has 0 aliphatic heterocycles. The van der Waals surface area contributed by atoms with E-state index in [-0.39, 0.29) is 23.1 Å². The summed E-state index contributed by atoms with van der Waals surface area (Å²) >= 11 is 0. The van der Waals surface area contributed by atoms with Gasteiger partial charge < -0.3 is 0 Å². The Kier molecular flexibility index (Phi) is 23.7. The van der Waals surface area contributed by atoms with Gasteiger partial charge in [0.25, 0.3) is 0 Å². The van der Waals surface area contributed by atoms with E-state index >= 15 is 0 Å². The topological polar surface area (TPSA) is 23.9 Å². The van der Waals surface area contributed by atoms with Crippen molar-refractivity contribution in [1.29, 1.82) is 5.41 Å². The van der Waals surface area contributed by atoms with Crippen molar-refractivity contribution >= 4 is 28.9 Å². The van der Waals surface area contributed by atoms with E-state index in [2.05, 4.69) is 6.58 Å². The number of nitrogens with one attached hydrogen (secondary N) is 1. The van der Waals surface area contributed by atoms with Gasteiger partial charge in [0.2, 0.25) is 0 Å². The molecule has 0 spiro atoms. The van der Waals surface area contributed by atoms with Gasteiger partial charge in [0.1, 0.15) is 0 Å².